The molecular formula is C28H44O3. The molecule has 1 N–H and O–H groups in total. The van der Waals surface area contributed by atoms with Gasteiger partial charge >= 0.3 is 5.97 Å². The molecule has 3 heteroatoms. The predicted molar refractivity (Wildman–Crippen MR) is 125 cm³/mol. The van der Waals surface area contributed by atoms with Gasteiger partial charge in [-0.05, 0) is 98.7 Å². The minimum atomic E-state index is -0.469. The van der Waals surface area contributed by atoms with Gasteiger partial charge < -0.3 is 9.84 Å². The summed E-state index contributed by atoms with van der Waals surface area (Å²) >= 11 is 0. The van der Waals surface area contributed by atoms with E-state index in [0.29, 0.717) is 23.2 Å². The third-order valence-electron chi connectivity index (χ3n) is 10.3. The lowest BCUT2D eigenvalue weighted by molar-refractivity contribution is -0.140. The molecule has 0 aromatic carbocycles. The van der Waals surface area contributed by atoms with Gasteiger partial charge in [0, 0.05) is 6.42 Å². The molecule has 0 amide bonds. The summed E-state index contributed by atoms with van der Waals surface area (Å²) in [6, 6.07) is 0. The number of ether oxygens (including phenoxy) is 1. The Morgan fingerprint density at radius 2 is 1.94 bits per heavy atom. The largest absolute Gasteiger partial charge is 0.469 e. The van der Waals surface area contributed by atoms with Gasteiger partial charge in [-0.2, -0.15) is 0 Å². The molecule has 7 atom stereocenters. The third kappa shape index (κ3) is 3.83. The highest BCUT2D eigenvalue weighted by molar-refractivity contribution is 5.69. The number of rotatable bonds is 6. The van der Waals surface area contributed by atoms with Crippen molar-refractivity contribution in [3.63, 3.8) is 0 Å². The van der Waals surface area contributed by atoms with Crippen molar-refractivity contribution >= 4 is 5.97 Å². The van der Waals surface area contributed by atoms with E-state index in [-0.39, 0.29) is 5.97 Å². The number of methoxy groups -OCH3 is 1. The standard InChI is InChI=1S/C28H44O3/c1-6-28(30)17-16-26(3)20(18-28)10-11-21-23-13-12-22(27(23,4)15-14-24(21)26)19(2)8-7-9-25(29)31-5/h10,12,19,21,23-24,30H,6-9,11,13-18H2,1-5H3/t19-,21+,23+,24+,26+,27-,28+/m1/s1. The molecule has 174 valence electrons. The van der Waals surface area contributed by atoms with Crippen LogP contribution in [0.25, 0.3) is 0 Å². The second-order valence-corrected chi connectivity index (χ2v) is 11.7. The summed E-state index contributed by atoms with van der Waals surface area (Å²) in [5.41, 5.74) is 3.38. The molecule has 2 saturated carbocycles. The van der Waals surface area contributed by atoms with E-state index in [1.54, 1.807) is 11.1 Å². The lowest BCUT2D eigenvalue weighted by Crippen LogP contribution is -2.52. The zero-order valence-corrected chi connectivity index (χ0v) is 20.5. The van der Waals surface area contributed by atoms with E-state index in [1.165, 1.54) is 32.8 Å². The van der Waals surface area contributed by atoms with Gasteiger partial charge in [-0.15, -0.1) is 0 Å². The van der Waals surface area contributed by atoms with Gasteiger partial charge in [-0.1, -0.05) is 51.0 Å². The molecule has 0 heterocycles. The minimum Gasteiger partial charge on any atom is -0.469 e. The van der Waals surface area contributed by atoms with E-state index in [2.05, 4.69) is 39.8 Å². The van der Waals surface area contributed by atoms with Crippen molar-refractivity contribution < 1.29 is 14.6 Å². The topological polar surface area (TPSA) is 46.5 Å². The maximum Gasteiger partial charge on any atom is 0.305 e. The zero-order chi connectivity index (χ0) is 22.4. The van der Waals surface area contributed by atoms with Gasteiger partial charge in [0.15, 0.2) is 0 Å². The number of hydrogen-bond donors (Lipinski definition) is 1. The molecule has 31 heavy (non-hydrogen) atoms. The van der Waals surface area contributed by atoms with Crippen LogP contribution in [0, 0.1) is 34.5 Å². The van der Waals surface area contributed by atoms with E-state index < -0.39 is 5.60 Å². The Balaban J connectivity index is 1.48. The van der Waals surface area contributed by atoms with Gasteiger partial charge in [-0.25, -0.2) is 0 Å². The maximum absolute atomic E-state index is 11.5. The molecule has 0 saturated heterocycles. The number of hydrogen-bond acceptors (Lipinski definition) is 3. The Kier molecular flexibility index (Phi) is 6.22. The quantitative estimate of drug-likeness (QED) is 0.383. The Hall–Kier alpha value is -1.09. The van der Waals surface area contributed by atoms with Crippen LogP contribution in [0.3, 0.4) is 0 Å². The first kappa shape index (κ1) is 23.1. The second-order valence-electron chi connectivity index (χ2n) is 11.7. The normalized spacial score (nSPS) is 42.6. The molecule has 0 bridgehead atoms. The predicted octanol–water partition coefficient (Wildman–Crippen LogP) is 6.61. The smallest absolute Gasteiger partial charge is 0.305 e. The van der Waals surface area contributed by atoms with Gasteiger partial charge in [0.1, 0.15) is 0 Å². The number of carbonyl (C=O) groups excluding carboxylic acids is 1. The molecule has 0 aromatic rings. The van der Waals surface area contributed by atoms with E-state index in [9.17, 15) is 9.90 Å². The summed E-state index contributed by atoms with van der Waals surface area (Å²) in [5, 5.41) is 11.0. The average Bonchev–Trinajstić information content (AvgIpc) is 3.11. The van der Waals surface area contributed by atoms with Crippen molar-refractivity contribution in [2.45, 2.75) is 104 Å². The average molecular weight is 429 g/mol. The number of esters is 1. The van der Waals surface area contributed by atoms with Crippen LogP contribution in [-0.2, 0) is 9.53 Å². The highest BCUT2D eigenvalue weighted by Gasteiger charge is 2.57. The fourth-order valence-electron chi connectivity index (χ4n) is 8.19. The van der Waals surface area contributed by atoms with E-state index in [4.69, 9.17) is 4.74 Å². The first-order valence-electron chi connectivity index (χ1n) is 12.9. The molecule has 3 nitrogen and oxygen atoms in total. The SMILES string of the molecule is CC[C@]1(O)CC[C@@]2(C)C(=CC[C@@H]3[C@@H]2CC[C@]2(C)C([C@H](C)CCCC(=O)OC)=CC[C@@H]32)C1. The van der Waals surface area contributed by atoms with Crippen molar-refractivity contribution in [2.24, 2.45) is 34.5 Å². The van der Waals surface area contributed by atoms with E-state index in [0.717, 1.165) is 56.3 Å². The molecule has 4 rings (SSSR count). The zero-order valence-electron chi connectivity index (χ0n) is 20.5. The number of fused-ring (bicyclic) bond motifs is 5. The van der Waals surface area contributed by atoms with Crippen LogP contribution in [0.15, 0.2) is 23.3 Å². The molecule has 0 spiro atoms. The van der Waals surface area contributed by atoms with Crippen molar-refractivity contribution in [2.75, 3.05) is 7.11 Å². The summed E-state index contributed by atoms with van der Waals surface area (Å²) in [6.07, 6.45) is 16.6. The molecule has 0 aromatic heterocycles. The van der Waals surface area contributed by atoms with E-state index in [1.807, 2.05) is 0 Å². The Morgan fingerprint density at radius 1 is 1.16 bits per heavy atom. The summed E-state index contributed by atoms with van der Waals surface area (Å²) in [7, 11) is 1.48. The fraction of sp³-hybridized carbons (Fsp3) is 0.821. The van der Waals surface area contributed by atoms with Crippen LogP contribution in [-0.4, -0.2) is 23.8 Å². The molecule has 4 aliphatic rings. The van der Waals surface area contributed by atoms with Crippen molar-refractivity contribution in [1.82, 2.24) is 0 Å². The second kappa shape index (κ2) is 8.36. The molecule has 4 aliphatic carbocycles. The Morgan fingerprint density at radius 3 is 2.65 bits per heavy atom. The van der Waals surface area contributed by atoms with Crippen molar-refractivity contribution in [3.8, 4) is 0 Å². The Labute approximate surface area is 189 Å². The van der Waals surface area contributed by atoms with Gasteiger partial charge in [0.25, 0.3) is 0 Å². The first-order chi connectivity index (χ1) is 14.7. The lowest BCUT2D eigenvalue weighted by atomic mass is 9.46. The highest BCUT2D eigenvalue weighted by atomic mass is 16.5. The van der Waals surface area contributed by atoms with Crippen LogP contribution in [0.4, 0.5) is 0 Å². The molecule has 0 aliphatic heterocycles. The lowest BCUT2D eigenvalue weighted by Gasteiger charge is -2.59. The summed E-state index contributed by atoms with van der Waals surface area (Å²) in [6.45, 7) is 9.57. The molecular weight excluding hydrogens is 384 g/mol. The fourth-order valence-corrected chi connectivity index (χ4v) is 8.19. The van der Waals surface area contributed by atoms with Crippen LogP contribution in [0.2, 0.25) is 0 Å². The molecule has 0 unspecified atom stereocenters. The number of allylic oxidation sites excluding steroid dienone is 3. The van der Waals surface area contributed by atoms with Crippen molar-refractivity contribution in [3.05, 3.63) is 23.3 Å². The van der Waals surface area contributed by atoms with Crippen LogP contribution in [0.5, 0.6) is 0 Å². The van der Waals surface area contributed by atoms with Crippen LogP contribution < -0.4 is 0 Å². The minimum absolute atomic E-state index is 0.0855. The molecule has 2 fully saturated rings. The van der Waals surface area contributed by atoms with Gasteiger partial charge in [0.05, 0.1) is 12.7 Å². The van der Waals surface area contributed by atoms with Crippen LogP contribution in [0.1, 0.15) is 98.3 Å². The maximum atomic E-state index is 11.5. The van der Waals surface area contributed by atoms with Crippen LogP contribution >= 0.6 is 0 Å². The highest BCUT2D eigenvalue weighted by Crippen LogP contribution is 2.66. The van der Waals surface area contributed by atoms with Gasteiger partial charge in [0.2, 0.25) is 0 Å². The Bertz CT molecular complexity index is 766. The number of carbonyl (C=O) groups is 1. The van der Waals surface area contributed by atoms with Crippen molar-refractivity contribution in [1.29, 1.82) is 0 Å². The summed E-state index contributed by atoms with van der Waals surface area (Å²) in [4.78, 5) is 11.5. The number of aliphatic hydroxyl groups is 1. The monoisotopic (exact) mass is 428 g/mol. The third-order valence-corrected chi connectivity index (χ3v) is 10.3. The van der Waals surface area contributed by atoms with Gasteiger partial charge in [-0.3, -0.25) is 4.79 Å². The van der Waals surface area contributed by atoms with E-state index >= 15 is 0 Å². The molecule has 0 radical (unpaired) electrons. The summed E-state index contributed by atoms with van der Waals surface area (Å²) in [5.74, 6) is 2.77. The first-order valence-corrected chi connectivity index (χ1v) is 12.9. The summed E-state index contributed by atoms with van der Waals surface area (Å²) < 4.78 is 4.82.